The van der Waals surface area contributed by atoms with E-state index in [1.807, 2.05) is 0 Å². The first-order valence-electron chi connectivity index (χ1n) is 6.52. The van der Waals surface area contributed by atoms with Crippen molar-refractivity contribution in [1.82, 2.24) is 9.21 Å². The fourth-order valence-electron chi connectivity index (χ4n) is 2.03. The molecule has 1 aromatic carbocycles. The van der Waals surface area contributed by atoms with Crippen molar-refractivity contribution >= 4 is 21.6 Å². The largest absolute Gasteiger partial charge is 0.379 e. The van der Waals surface area contributed by atoms with Crippen LogP contribution < -0.4 is 0 Å². The van der Waals surface area contributed by atoms with Gasteiger partial charge in [0.25, 0.3) is 0 Å². The lowest BCUT2D eigenvalue weighted by Gasteiger charge is -2.28. The highest BCUT2D eigenvalue weighted by molar-refractivity contribution is 7.89. The molecule has 2 rings (SSSR count). The van der Waals surface area contributed by atoms with E-state index in [-0.39, 0.29) is 4.90 Å². The predicted octanol–water partition coefficient (Wildman–Crippen LogP) is 1.29. The van der Waals surface area contributed by atoms with Crippen molar-refractivity contribution in [3.05, 3.63) is 29.3 Å². The van der Waals surface area contributed by atoms with E-state index in [0.717, 1.165) is 13.1 Å². The zero-order chi connectivity index (χ0) is 14.6. The third kappa shape index (κ3) is 3.93. The predicted molar refractivity (Wildman–Crippen MR) is 78.5 cm³/mol. The summed E-state index contributed by atoms with van der Waals surface area (Å²) in [6.45, 7) is 4.29. The van der Waals surface area contributed by atoms with E-state index < -0.39 is 10.0 Å². The monoisotopic (exact) mass is 318 g/mol. The summed E-state index contributed by atoms with van der Waals surface area (Å²) in [5, 5.41) is 0.424. The molecule has 0 aliphatic carbocycles. The quantitative estimate of drug-likeness (QED) is 0.821. The fraction of sp³-hybridized carbons (Fsp3) is 0.538. The zero-order valence-corrected chi connectivity index (χ0v) is 13.0. The first-order valence-corrected chi connectivity index (χ1v) is 8.34. The van der Waals surface area contributed by atoms with Gasteiger partial charge >= 0.3 is 0 Å². The Morgan fingerprint density at radius 2 is 2.05 bits per heavy atom. The highest BCUT2D eigenvalue weighted by Gasteiger charge is 2.21. The maximum Gasteiger partial charge on any atom is 0.242 e. The third-order valence-electron chi connectivity index (χ3n) is 3.34. The average molecular weight is 319 g/mol. The molecule has 5 nitrogen and oxygen atoms in total. The van der Waals surface area contributed by atoms with Crippen LogP contribution in [-0.4, -0.2) is 64.1 Å². The van der Waals surface area contributed by atoms with Crippen molar-refractivity contribution in [2.75, 3.05) is 46.4 Å². The average Bonchev–Trinajstić information content (AvgIpc) is 2.45. The summed E-state index contributed by atoms with van der Waals surface area (Å²) >= 11 is 5.85. The summed E-state index contributed by atoms with van der Waals surface area (Å²) in [7, 11) is -1.88. The number of hydrogen-bond donors (Lipinski definition) is 0. The zero-order valence-electron chi connectivity index (χ0n) is 11.5. The third-order valence-corrected chi connectivity index (χ3v) is 5.43. The fourth-order valence-corrected chi connectivity index (χ4v) is 3.50. The number of halogens is 1. The van der Waals surface area contributed by atoms with Crippen molar-refractivity contribution in [3.63, 3.8) is 0 Å². The van der Waals surface area contributed by atoms with Crippen LogP contribution in [0.4, 0.5) is 0 Å². The highest BCUT2D eigenvalue weighted by Crippen LogP contribution is 2.18. The van der Waals surface area contributed by atoms with Gasteiger partial charge in [0.2, 0.25) is 10.0 Å². The van der Waals surface area contributed by atoms with Gasteiger partial charge in [-0.3, -0.25) is 4.90 Å². The Balaban J connectivity index is 1.98. The molecular weight excluding hydrogens is 300 g/mol. The summed E-state index contributed by atoms with van der Waals surface area (Å²) in [6, 6.07) is 6.34. The van der Waals surface area contributed by atoms with Gasteiger partial charge in [-0.1, -0.05) is 17.7 Å². The van der Waals surface area contributed by atoms with Crippen LogP contribution in [0.5, 0.6) is 0 Å². The van der Waals surface area contributed by atoms with Gasteiger partial charge in [0.1, 0.15) is 0 Å². The molecule has 0 saturated carbocycles. The highest BCUT2D eigenvalue weighted by atomic mass is 35.5. The van der Waals surface area contributed by atoms with E-state index in [4.69, 9.17) is 16.3 Å². The van der Waals surface area contributed by atoms with E-state index in [9.17, 15) is 8.42 Å². The van der Waals surface area contributed by atoms with Crippen molar-refractivity contribution in [3.8, 4) is 0 Å². The maximum absolute atomic E-state index is 12.4. The molecule has 0 bridgehead atoms. The maximum atomic E-state index is 12.4. The number of ether oxygens (including phenoxy) is 1. The van der Waals surface area contributed by atoms with Crippen LogP contribution >= 0.6 is 11.6 Å². The summed E-state index contributed by atoms with van der Waals surface area (Å²) in [5.41, 5.74) is 0. The molecule has 0 unspecified atom stereocenters. The summed E-state index contributed by atoms with van der Waals surface area (Å²) in [6.07, 6.45) is 0. The number of nitrogens with zero attached hydrogens (tertiary/aromatic N) is 2. The molecule has 1 aliphatic heterocycles. The smallest absolute Gasteiger partial charge is 0.242 e. The minimum absolute atomic E-state index is 0.231. The molecule has 1 fully saturated rings. The minimum atomic E-state index is -3.47. The molecule has 1 aromatic rings. The molecule has 112 valence electrons. The van der Waals surface area contributed by atoms with Crippen LogP contribution in [0.25, 0.3) is 0 Å². The van der Waals surface area contributed by atoms with Crippen LogP contribution in [0.2, 0.25) is 5.02 Å². The van der Waals surface area contributed by atoms with E-state index in [1.54, 1.807) is 25.2 Å². The van der Waals surface area contributed by atoms with E-state index in [1.165, 1.54) is 10.4 Å². The molecule has 7 heteroatoms. The Bertz CT molecular complexity index is 544. The lowest BCUT2D eigenvalue weighted by Crippen LogP contribution is -2.41. The number of rotatable bonds is 5. The SMILES string of the molecule is CN(CCN1CCOCC1)S(=O)(=O)c1cccc(Cl)c1. The van der Waals surface area contributed by atoms with Gasteiger partial charge < -0.3 is 4.74 Å². The summed E-state index contributed by atoms with van der Waals surface area (Å²) < 4.78 is 31.4. The van der Waals surface area contributed by atoms with Crippen LogP contribution in [0.3, 0.4) is 0 Å². The van der Waals surface area contributed by atoms with Crippen LogP contribution in [-0.2, 0) is 14.8 Å². The summed E-state index contributed by atoms with van der Waals surface area (Å²) in [5.74, 6) is 0. The Hall–Kier alpha value is -0.660. The van der Waals surface area contributed by atoms with Crippen molar-refractivity contribution in [1.29, 1.82) is 0 Å². The molecule has 1 heterocycles. The van der Waals surface area contributed by atoms with Crippen LogP contribution in [0.1, 0.15) is 0 Å². The molecule has 1 aliphatic rings. The second-order valence-corrected chi connectivity index (χ2v) is 7.22. The first kappa shape index (κ1) is 15.7. The molecule has 1 saturated heterocycles. The van der Waals surface area contributed by atoms with Gasteiger partial charge in [0.15, 0.2) is 0 Å². The molecule has 0 aromatic heterocycles. The number of hydrogen-bond acceptors (Lipinski definition) is 4. The number of sulfonamides is 1. The Labute approximate surface area is 125 Å². The normalized spacial score (nSPS) is 17.6. The molecular formula is C13H19ClN2O3S. The lowest BCUT2D eigenvalue weighted by atomic mass is 10.4. The van der Waals surface area contributed by atoms with Crippen LogP contribution in [0, 0.1) is 0 Å². The lowest BCUT2D eigenvalue weighted by molar-refractivity contribution is 0.0368. The van der Waals surface area contributed by atoms with E-state index >= 15 is 0 Å². The first-order chi connectivity index (χ1) is 9.50. The molecule has 0 atom stereocenters. The molecule has 0 radical (unpaired) electrons. The van der Waals surface area contributed by atoms with Crippen LogP contribution in [0.15, 0.2) is 29.2 Å². The number of benzene rings is 1. The Morgan fingerprint density at radius 1 is 1.35 bits per heavy atom. The van der Waals surface area contributed by atoms with Gasteiger partial charge in [0, 0.05) is 38.2 Å². The number of morpholine rings is 1. The Kier molecular flexibility index (Phi) is 5.40. The Morgan fingerprint density at radius 3 is 2.70 bits per heavy atom. The summed E-state index contributed by atoms with van der Waals surface area (Å²) in [4.78, 5) is 2.43. The van der Waals surface area contributed by atoms with Gasteiger partial charge in [0.05, 0.1) is 18.1 Å². The van der Waals surface area contributed by atoms with E-state index in [0.29, 0.717) is 31.3 Å². The molecule has 0 amide bonds. The minimum Gasteiger partial charge on any atom is -0.379 e. The van der Waals surface area contributed by atoms with E-state index in [2.05, 4.69) is 4.90 Å². The van der Waals surface area contributed by atoms with Gasteiger partial charge in [-0.15, -0.1) is 0 Å². The van der Waals surface area contributed by atoms with Gasteiger partial charge in [-0.05, 0) is 18.2 Å². The molecule has 0 spiro atoms. The second kappa shape index (κ2) is 6.87. The molecule has 0 N–H and O–H groups in total. The number of likely N-dealkylation sites (N-methyl/N-ethyl adjacent to an activating group) is 1. The van der Waals surface area contributed by atoms with Gasteiger partial charge in [-0.2, -0.15) is 4.31 Å². The molecule has 20 heavy (non-hydrogen) atoms. The second-order valence-electron chi connectivity index (χ2n) is 4.74. The topological polar surface area (TPSA) is 49.9 Å². The van der Waals surface area contributed by atoms with Crippen molar-refractivity contribution in [2.45, 2.75) is 4.90 Å². The standard InChI is InChI=1S/C13H19ClN2O3S/c1-15(5-6-16-7-9-19-10-8-16)20(17,18)13-4-2-3-12(14)11-13/h2-4,11H,5-10H2,1H3. The van der Waals surface area contributed by atoms with Gasteiger partial charge in [-0.25, -0.2) is 8.42 Å². The van der Waals surface area contributed by atoms with Crippen molar-refractivity contribution in [2.24, 2.45) is 0 Å². The van der Waals surface area contributed by atoms with Crippen molar-refractivity contribution < 1.29 is 13.2 Å².